The van der Waals surface area contributed by atoms with Crippen LogP contribution in [0.25, 0.3) is 11.1 Å². The van der Waals surface area contributed by atoms with E-state index >= 15 is 0 Å². The molecule has 2 heterocycles. The van der Waals surface area contributed by atoms with Gasteiger partial charge in [0.05, 0.1) is 24.7 Å². The highest BCUT2D eigenvalue weighted by Crippen LogP contribution is 2.38. The Balaban J connectivity index is 1.62. The van der Waals surface area contributed by atoms with Crippen molar-refractivity contribution < 1.29 is 17.9 Å². The van der Waals surface area contributed by atoms with Crippen molar-refractivity contribution in [2.75, 3.05) is 23.7 Å². The maximum absolute atomic E-state index is 12.0. The van der Waals surface area contributed by atoms with Crippen molar-refractivity contribution in [3.63, 3.8) is 0 Å². The number of nitrogens with one attached hydrogen (secondary N) is 1. The molecule has 1 saturated heterocycles. The average Bonchev–Trinajstić information content (AvgIpc) is 2.63. The molecule has 0 spiro atoms. The zero-order chi connectivity index (χ0) is 18.1. The van der Waals surface area contributed by atoms with E-state index < -0.39 is 10.0 Å². The number of ether oxygens (including phenoxy) is 2. The maximum atomic E-state index is 12.0. The molecule has 0 amide bonds. The highest BCUT2D eigenvalue weighted by molar-refractivity contribution is 7.92. The fraction of sp³-hybridized carbons (Fsp3) is 0.368. The first-order chi connectivity index (χ1) is 12.5. The summed E-state index contributed by atoms with van der Waals surface area (Å²) in [7, 11) is -3.30. The second-order valence-electron chi connectivity index (χ2n) is 6.61. The van der Waals surface area contributed by atoms with Crippen LogP contribution >= 0.6 is 11.6 Å². The van der Waals surface area contributed by atoms with Crippen molar-refractivity contribution in [1.82, 2.24) is 0 Å². The van der Waals surface area contributed by atoms with Gasteiger partial charge in [-0.1, -0.05) is 23.7 Å². The van der Waals surface area contributed by atoms with E-state index in [-0.39, 0.29) is 11.9 Å². The summed E-state index contributed by atoms with van der Waals surface area (Å²) in [5, 5.41) is 0.599. The molecule has 7 heteroatoms. The number of aryl methyl sites for hydroxylation is 1. The first-order valence-electron chi connectivity index (χ1n) is 8.68. The lowest BCUT2D eigenvalue weighted by molar-refractivity contribution is 0.0256. The molecule has 26 heavy (non-hydrogen) atoms. The van der Waals surface area contributed by atoms with Crippen LogP contribution in [0, 0.1) is 0 Å². The summed E-state index contributed by atoms with van der Waals surface area (Å²) in [6, 6.07) is 11.3. The summed E-state index contributed by atoms with van der Waals surface area (Å²) in [5.41, 5.74) is 3.23. The number of benzene rings is 2. The fourth-order valence-electron chi connectivity index (χ4n) is 3.36. The van der Waals surface area contributed by atoms with Crippen molar-refractivity contribution >= 4 is 27.3 Å². The van der Waals surface area contributed by atoms with Crippen molar-refractivity contribution in [3.05, 3.63) is 47.0 Å². The number of hydrogen-bond donors (Lipinski definition) is 1. The Morgan fingerprint density at radius 3 is 2.58 bits per heavy atom. The average molecular weight is 394 g/mol. The van der Waals surface area contributed by atoms with Crippen LogP contribution in [0.15, 0.2) is 36.4 Å². The summed E-state index contributed by atoms with van der Waals surface area (Å²) in [6.45, 7) is 1.47. The highest BCUT2D eigenvalue weighted by atomic mass is 35.5. The molecule has 4 rings (SSSR count). The molecule has 0 atom stereocenters. The van der Waals surface area contributed by atoms with E-state index in [9.17, 15) is 8.42 Å². The van der Waals surface area contributed by atoms with Crippen LogP contribution in [0.3, 0.4) is 0 Å². The van der Waals surface area contributed by atoms with Crippen LogP contribution in [-0.4, -0.2) is 33.5 Å². The van der Waals surface area contributed by atoms with Gasteiger partial charge in [0, 0.05) is 23.4 Å². The second-order valence-corrected chi connectivity index (χ2v) is 8.89. The van der Waals surface area contributed by atoms with Gasteiger partial charge in [-0.25, -0.2) is 8.42 Å². The van der Waals surface area contributed by atoms with Crippen LogP contribution in [0.5, 0.6) is 5.75 Å². The quantitative estimate of drug-likeness (QED) is 0.859. The first-order valence-corrected chi connectivity index (χ1v) is 10.7. The number of sulfonamides is 1. The third kappa shape index (κ3) is 3.82. The predicted octanol–water partition coefficient (Wildman–Crippen LogP) is 3.86. The molecular formula is C19H20ClNO4S. The number of rotatable bonds is 3. The first kappa shape index (κ1) is 17.6. The van der Waals surface area contributed by atoms with Crippen molar-refractivity contribution in [1.29, 1.82) is 0 Å². The van der Waals surface area contributed by atoms with Gasteiger partial charge in [-0.15, -0.1) is 0 Å². The fourth-order valence-corrected chi connectivity index (χ4v) is 4.74. The zero-order valence-electron chi connectivity index (χ0n) is 14.2. The van der Waals surface area contributed by atoms with Crippen molar-refractivity contribution in [2.24, 2.45) is 0 Å². The van der Waals surface area contributed by atoms with Crippen molar-refractivity contribution in [2.45, 2.75) is 25.4 Å². The van der Waals surface area contributed by atoms with E-state index in [2.05, 4.69) is 4.72 Å². The molecule has 0 aromatic heterocycles. The maximum Gasteiger partial charge on any atom is 0.233 e. The summed E-state index contributed by atoms with van der Waals surface area (Å²) >= 11 is 6.25. The predicted molar refractivity (Wildman–Crippen MR) is 102 cm³/mol. The highest BCUT2D eigenvalue weighted by Gasteiger charge is 2.24. The van der Waals surface area contributed by atoms with Crippen molar-refractivity contribution in [3.8, 4) is 16.9 Å². The molecule has 0 aliphatic carbocycles. The lowest BCUT2D eigenvalue weighted by Crippen LogP contribution is -2.25. The summed E-state index contributed by atoms with van der Waals surface area (Å²) in [5.74, 6) is 0.884. The van der Waals surface area contributed by atoms with Gasteiger partial charge in [-0.05, 0) is 41.8 Å². The third-order valence-electron chi connectivity index (χ3n) is 4.72. The van der Waals surface area contributed by atoms with Gasteiger partial charge in [-0.3, -0.25) is 4.72 Å². The lowest BCUT2D eigenvalue weighted by atomic mass is 9.99. The summed E-state index contributed by atoms with van der Waals surface area (Å²) in [4.78, 5) is 0. The molecule has 0 bridgehead atoms. The Bertz CT molecular complexity index is 906. The Hall–Kier alpha value is -1.76. The molecule has 138 valence electrons. The summed E-state index contributed by atoms with van der Waals surface area (Å²) < 4.78 is 38.0. The zero-order valence-corrected chi connectivity index (χ0v) is 15.8. The third-order valence-corrected chi connectivity index (χ3v) is 6.19. The van der Waals surface area contributed by atoms with Crippen LogP contribution in [0.1, 0.15) is 18.4 Å². The van der Waals surface area contributed by atoms with Gasteiger partial charge >= 0.3 is 0 Å². The normalized spacial score (nSPS) is 19.4. The molecular weight excluding hydrogens is 374 g/mol. The van der Waals surface area contributed by atoms with Gasteiger partial charge in [0.2, 0.25) is 10.0 Å². The standard InChI is InChI=1S/C19H20ClNO4S/c20-15-11-14-7-10-26(22,23)21-19(14)18(12-15)13-1-3-16(4-2-13)25-17-5-8-24-9-6-17/h1-4,11-12,17,21H,5-10H2. The minimum Gasteiger partial charge on any atom is -0.490 e. The largest absolute Gasteiger partial charge is 0.490 e. The molecule has 0 saturated carbocycles. The Morgan fingerprint density at radius 2 is 1.85 bits per heavy atom. The molecule has 1 N–H and O–H groups in total. The molecule has 2 aliphatic rings. The number of anilines is 1. The molecule has 2 aliphatic heterocycles. The lowest BCUT2D eigenvalue weighted by Gasteiger charge is -2.24. The molecule has 0 unspecified atom stereocenters. The van der Waals surface area contributed by atoms with Crippen LogP contribution in [0.4, 0.5) is 5.69 Å². The molecule has 2 aromatic rings. The van der Waals surface area contributed by atoms with E-state index in [1.165, 1.54) is 0 Å². The van der Waals surface area contributed by atoms with Crippen LogP contribution < -0.4 is 9.46 Å². The van der Waals surface area contributed by atoms with E-state index in [0.29, 0.717) is 17.1 Å². The Labute approximate surface area is 158 Å². The van der Waals surface area contributed by atoms with Gasteiger partial charge in [0.1, 0.15) is 11.9 Å². The monoisotopic (exact) mass is 393 g/mol. The van der Waals surface area contributed by atoms with Crippen LogP contribution in [-0.2, 0) is 21.2 Å². The van der Waals surface area contributed by atoms with Crippen LogP contribution in [0.2, 0.25) is 5.02 Å². The minimum atomic E-state index is -3.30. The van der Waals surface area contributed by atoms with Gasteiger partial charge < -0.3 is 9.47 Å². The molecule has 1 fully saturated rings. The van der Waals surface area contributed by atoms with E-state index in [1.54, 1.807) is 6.07 Å². The Morgan fingerprint density at radius 1 is 1.12 bits per heavy atom. The number of hydrogen-bond acceptors (Lipinski definition) is 4. The minimum absolute atomic E-state index is 0.0810. The Kier molecular flexibility index (Phi) is 4.82. The van der Waals surface area contributed by atoms with E-state index in [1.807, 2.05) is 30.3 Å². The molecule has 5 nitrogen and oxygen atoms in total. The molecule has 0 radical (unpaired) electrons. The number of halogens is 1. The van der Waals surface area contributed by atoms with E-state index in [0.717, 1.165) is 48.5 Å². The molecule has 2 aromatic carbocycles. The van der Waals surface area contributed by atoms with Gasteiger partial charge in [0.15, 0.2) is 0 Å². The second kappa shape index (κ2) is 7.10. The smallest absolute Gasteiger partial charge is 0.233 e. The van der Waals surface area contributed by atoms with E-state index in [4.69, 9.17) is 21.1 Å². The topological polar surface area (TPSA) is 64.6 Å². The van der Waals surface area contributed by atoms with Gasteiger partial charge in [0.25, 0.3) is 0 Å². The summed E-state index contributed by atoms with van der Waals surface area (Å²) in [6.07, 6.45) is 2.43. The SMILES string of the molecule is O=S1(=O)CCc2cc(Cl)cc(-c3ccc(OC4CCOCC4)cc3)c2N1. The number of fused-ring (bicyclic) bond motifs is 1. The van der Waals surface area contributed by atoms with Gasteiger partial charge in [-0.2, -0.15) is 0 Å².